The number of nitrogens with zero attached hydrogens (tertiary/aromatic N) is 5. The van der Waals surface area contributed by atoms with Gasteiger partial charge in [-0.3, -0.25) is 8.92 Å². The molecule has 3 aromatic heterocycles. The number of hydrogen-bond acceptors (Lipinski definition) is 11. The average molecular weight is 707 g/mol. The zero-order valence-electron chi connectivity index (χ0n) is 24.0. The molecule has 1 aliphatic rings. The number of benzene rings is 2. The molecule has 1 fully saturated rings. The molecular formula is C28H28ClN6O8PS2. The maximum atomic E-state index is 14.1. The van der Waals surface area contributed by atoms with E-state index in [2.05, 4.69) is 14.8 Å². The number of ether oxygens (including phenoxy) is 2. The molecule has 5 aromatic rings. The van der Waals surface area contributed by atoms with Crippen LogP contribution in [0.5, 0.6) is 5.75 Å². The van der Waals surface area contributed by atoms with Crippen LogP contribution in [-0.4, -0.2) is 70.3 Å². The molecule has 3 N–H and O–H groups in total. The molecule has 4 heterocycles. The van der Waals surface area contributed by atoms with Crippen molar-refractivity contribution in [2.45, 2.75) is 23.8 Å². The first-order chi connectivity index (χ1) is 22.1. The smallest absolute Gasteiger partial charge is 0.467 e. The van der Waals surface area contributed by atoms with Gasteiger partial charge in [-0.25, -0.2) is 32.2 Å². The molecule has 1 saturated heterocycles. The van der Waals surface area contributed by atoms with E-state index in [1.54, 1.807) is 24.3 Å². The van der Waals surface area contributed by atoms with Gasteiger partial charge < -0.3 is 24.6 Å². The van der Waals surface area contributed by atoms with Crippen LogP contribution in [0.2, 0.25) is 5.02 Å². The van der Waals surface area contributed by atoms with Crippen LogP contribution in [0, 0.1) is 0 Å². The van der Waals surface area contributed by atoms with Crippen molar-refractivity contribution in [2.24, 2.45) is 0 Å². The number of phosphoric acid groups is 1. The highest BCUT2D eigenvalue weighted by atomic mass is 35.5. The minimum atomic E-state index is -4.66. The third kappa shape index (κ3) is 7.25. The van der Waals surface area contributed by atoms with Crippen molar-refractivity contribution in [3.8, 4) is 28.4 Å². The number of thiazole rings is 1. The second-order valence-electron chi connectivity index (χ2n) is 10.1. The summed E-state index contributed by atoms with van der Waals surface area (Å²) in [5, 5.41) is 5.60. The summed E-state index contributed by atoms with van der Waals surface area (Å²) in [6, 6.07) is 14.3. The van der Waals surface area contributed by atoms with Gasteiger partial charge >= 0.3 is 7.82 Å². The normalized spacial score (nSPS) is 15.7. The summed E-state index contributed by atoms with van der Waals surface area (Å²) < 4.78 is 57.0. The fourth-order valence-corrected chi connectivity index (χ4v) is 7.66. The van der Waals surface area contributed by atoms with Crippen LogP contribution < -0.4 is 14.4 Å². The van der Waals surface area contributed by atoms with Gasteiger partial charge in [0.25, 0.3) is 10.0 Å². The van der Waals surface area contributed by atoms with Gasteiger partial charge in [0.05, 0.1) is 22.3 Å². The highest BCUT2D eigenvalue weighted by Crippen LogP contribution is 2.37. The largest absolute Gasteiger partial charge is 0.471 e. The maximum absolute atomic E-state index is 14.1. The SMILES string of the molecule is O=P(O)(O)OCOCOc1cccc(-c2nc3sccn3c2-c2ccnc(N([C@@H]3CCCNC3)S(=O)(=O)c3ccc(Cl)cc3)n2)c1. The summed E-state index contributed by atoms with van der Waals surface area (Å²) in [6.45, 7) is 0.258. The summed E-state index contributed by atoms with van der Waals surface area (Å²) in [4.78, 5) is 32.4. The Morgan fingerprint density at radius 2 is 1.96 bits per heavy atom. The number of sulfonamides is 1. The molecular weight excluding hydrogens is 679 g/mol. The van der Waals surface area contributed by atoms with Crippen molar-refractivity contribution in [3.05, 3.63) is 77.4 Å². The number of halogens is 1. The van der Waals surface area contributed by atoms with E-state index in [1.807, 2.05) is 22.0 Å². The van der Waals surface area contributed by atoms with Gasteiger partial charge in [-0.2, -0.15) is 0 Å². The van der Waals surface area contributed by atoms with Gasteiger partial charge in [-0.15, -0.1) is 11.3 Å². The Morgan fingerprint density at radius 3 is 2.72 bits per heavy atom. The quantitative estimate of drug-likeness (QED) is 0.0939. The average Bonchev–Trinajstić information content (AvgIpc) is 3.63. The molecule has 14 nitrogen and oxygen atoms in total. The zero-order chi connectivity index (χ0) is 32.3. The molecule has 242 valence electrons. The molecule has 0 radical (unpaired) electrons. The van der Waals surface area contributed by atoms with E-state index in [-0.39, 0.29) is 17.6 Å². The van der Waals surface area contributed by atoms with Gasteiger partial charge in [0.1, 0.15) is 11.4 Å². The van der Waals surface area contributed by atoms with Crippen molar-refractivity contribution >= 4 is 51.7 Å². The second kappa shape index (κ2) is 13.7. The Bertz CT molecular complexity index is 1980. The third-order valence-corrected chi connectivity index (χ3v) is 10.3. The topological polar surface area (TPSA) is 178 Å². The Kier molecular flexibility index (Phi) is 9.70. The van der Waals surface area contributed by atoms with Gasteiger partial charge in [0, 0.05) is 34.9 Å². The molecule has 1 atom stereocenters. The van der Waals surface area contributed by atoms with E-state index in [1.165, 1.54) is 46.1 Å². The lowest BCUT2D eigenvalue weighted by Crippen LogP contribution is -2.49. The Morgan fingerprint density at radius 1 is 1.13 bits per heavy atom. The summed E-state index contributed by atoms with van der Waals surface area (Å²) >= 11 is 7.48. The Hall–Kier alpha value is -3.44. The van der Waals surface area contributed by atoms with Crippen LogP contribution in [0.15, 0.2) is 77.3 Å². The van der Waals surface area contributed by atoms with Crippen LogP contribution in [-0.2, 0) is 23.8 Å². The van der Waals surface area contributed by atoms with E-state index in [0.717, 1.165) is 13.0 Å². The van der Waals surface area contributed by atoms with Crippen molar-refractivity contribution in [1.82, 2.24) is 24.7 Å². The Balaban J connectivity index is 1.36. The lowest BCUT2D eigenvalue weighted by atomic mass is 10.1. The van der Waals surface area contributed by atoms with Gasteiger partial charge in [-0.05, 0) is 61.9 Å². The van der Waals surface area contributed by atoms with E-state index < -0.39 is 30.7 Å². The van der Waals surface area contributed by atoms with E-state index in [4.69, 9.17) is 40.8 Å². The summed E-state index contributed by atoms with van der Waals surface area (Å²) in [6.07, 6.45) is 4.81. The molecule has 0 saturated carbocycles. The van der Waals surface area contributed by atoms with Crippen LogP contribution in [0.4, 0.5) is 5.95 Å². The fourth-order valence-electron chi connectivity index (χ4n) is 5.02. The van der Waals surface area contributed by atoms with Crippen LogP contribution in [0.1, 0.15) is 12.8 Å². The molecule has 0 aliphatic carbocycles. The standard InChI is InChI=1S/C28H28ClN6O8PS2/c29-20-6-8-23(9-7-20)46(39,40)35(21-4-2-11-30-16-21)27-31-12-10-24(32-27)26-25(33-28-34(26)13-14-45-28)19-3-1-5-22(15-19)42-17-41-18-43-44(36,37)38/h1,3,5-10,12-15,21,30H,2,4,11,16-18H2,(H2,36,37,38)/t21-/m1/s1. The zero-order valence-corrected chi connectivity index (χ0v) is 27.3. The van der Waals surface area contributed by atoms with Crippen LogP contribution >= 0.6 is 30.8 Å². The maximum Gasteiger partial charge on any atom is 0.471 e. The van der Waals surface area contributed by atoms with Gasteiger partial charge in [0.2, 0.25) is 5.95 Å². The first kappa shape index (κ1) is 32.5. The van der Waals surface area contributed by atoms with Crippen LogP contribution in [0.3, 0.4) is 0 Å². The molecule has 2 aromatic carbocycles. The molecule has 46 heavy (non-hydrogen) atoms. The number of piperidine rings is 1. The van der Waals surface area contributed by atoms with Crippen molar-refractivity contribution in [3.63, 3.8) is 0 Å². The number of imidazole rings is 1. The monoisotopic (exact) mass is 706 g/mol. The number of aromatic nitrogens is 4. The van der Waals surface area contributed by atoms with E-state index >= 15 is 0 Å². The molecule has 6 rings (SSSR count). The van der Waals surface area contributed by atoms with Crippen molar-refractivity contribution < 1.29 is 36.8 Å². The highest BCUT2D eigenvalue weighted by molar-refractivity contribution is 7.92. The molecule has 0 amide bonds. The minimum Gasteiger partial charge on any atom is -0.467 e. The van der Waals surface area contributed by atoms with E-state index in [9.17, 15) is 13.0 Å². The number of fused-ring (bicyclic) bond motifs is 1. The molecule has 0 spiro atoms. The third-order valence-electron chi connectivity index (χ3n) is 7.04. The Labute approximate surface area is 272 Å². The molecule has 0 unspecified atom stereocenters. The number of anilines is 1. The summed E-state index contributed by atoms with van der Waals surface area (Å²) in [5.74, 6) is 0.438. The first-order valence-electron chi connectivity index (χ1n) is 13.9. The second-order valence-corrected chi connectivity index (χ2v) is 14.5. The predicted molar refractivity (Wildman–Crippen MR) is 171 cm³/mol. The van der Waals surface area contributed by atoms with Gasteiger partial charge in [-0.1, -0.05) is 23.7 Å². The molecule has 0 bridgehead atoms. The fraction of sp³-hybridized carbons (Fsp3) is 0.250. The van der Waals surface area contributed by atoms with Crippen molar-refractivity contribution in [1.29, 1.82) is 0 Å². The lowest BCUT2D eigenvalue weighted by Gasteiger charge is -2.33. The van der Waals surface area contributed by atoms with Crippen LogP contribution in [0.25, 0.3) is 27.6 Å². The number of rotatable bonds is 12. The van der Waals surface area contributed by atoms with E-state index in [0.29, 0.717) is 51.3 Å². The number of hydrogen-bond donors (Lipinski definition) is 3. The predicted octanol–water partition coefficient (Wildman–Crippen LogP) is 4.54. The number of nitrogens with one attached hydrogen (secondary N) is 1. The summed E-state index contributed by atoms with van der Waals surface area (Å²) in [5.41, 5.74) is 2.32. The lowest BCUT2D eigenvalue weighted by molar-refractivity contribution is -0.0623. The first-order valence-corrected chi connectivity index (χ1v) is 18.1. The van der Waals surface area contributed by atoms with Gasteiger partial charge in [0.15, 0.2) is 18.5 Å². The molecule has 1 aliphatic heterocycles. The minimum absolute atomic E-state index is 0.0315. The molecule has 18 heteroatoms. The highest BCUT2D eigenvalue weighted by Gasteiger charge is 2.35. The summed E-state index contributed by atoms with van der Waals surface area (Å²) in [7, 11) is -8.73. The number of phosphoric ester groups is 1. The van der Waals surface area contributed by atoms with Crippen molar-refractivity contribution in [2.75, 3.05) is 31.0 Å².